The van der Waals surface area contributed by atoms with Crippen LogP contribution in [0.1, 0.15) is 75.7 Å². The van der Waals surface area contributed by atoms with Crippen LogP contribution in [-0.2, 0) is 0 Å². The standard InChI is InChI=1S/C66H62N2S2Si/c1-5-7-9-17-41-71(42-18-10-8-6-2)61-43-45(3)23-34-54(61)55-35-33-53(44-62(55)71)58-39-40-60(70-58)57-37-36-56(59-38-24-46(4)69-59)65-66(57)68-64(52-31-27-50(28-32-52)48-21-15-12-16-22-48)63(67-65)51-29-25-49(26-30-51)47-19-13-11-14-20-47/h11-16,19-40,43-44H,5-10,17-18,41-42H2,1-4H3. The Balaban J connectivity index is 1.05. The van der Waals surface area contributed by atoms with Gasteiger partial charge in [0, 0.05) is 41.8 Å². The highest BCUT2D eigenvalue weighted by Gasteiger charge is 2.44. The van der Waals surface area contributed by atoms with Crippen LogP contribution in [0.2, 0.25) is 12.1 Å². The monoisotopic (exact) mass is 974 g/mol. The second kappa shape index (κ2) is 20.7. The average molecular weight is 975 g/mol. The molecule has 4 heterocycles. The molecule has 2 nitrogen and oxygen atoms in total. The summed E-state index contributed by atoms with van der Waals surface area (Å²) in [5.74, 6) is 0. The number of hydrogen-bond donors (Lipinski definition) is 0. The first-order valence-electron chi connectivity index (χ1n) is 26.0. The molecule has 0 aliphatic carbocycles. The molecule has 352 valence electrons. The molecule has 1 aliphatic rings. The number of unbranched alkanes of at least 4 members (excludes halogenated alkanes) is 6. The van der Waals surface area contributed by atoms with E-state index in [1.54, 1.807) is 10.4 Å². The lowest BCUT2D eigenvalue weighted by Gasteiger charge is -2.31. The minimum absolute atomic E-state index is 0.884. The first kappa shape index (κ1) is 46.9. The van der Waals surface area contributed by atoms with Gasteiger partial charge in [-0.15, -0.1) is 22.7 Å². The van der Waals surface area contributed by atoms with Crippen molar-refractivity contribution >= 4 is 52.2 Å². The van der Waals surface area contributed by atoms with E-state index in [0.29, 0.717) is 0 Å². The van der Waals surface area contributed by atoms with Gasteiger partial charge in [0.15, 0.2) is 0 Å². The van der Waals surface area contributed by atoms with Crippen molar-refractivity contribution in [3.05, 3.63) is 192 Å². The molecule has 5 heteroatoms. The Bertz CT molecular complexity index is 3450. The quantitative estimate of drug-likeness (QED) is 0.0671. The van der Waals surface area contributed by atoms with Crippen LogP contribution in [-0.4, -0.2) is 18.0 Å². The van der Waals surface area contributed by atoms with Crippen molar-refractivity contribution in [1.29, 1.82) is 0 Å². The Kier molecular flexibility index (Phi) is 13.7. The molecule has 7 aromatic carbocycles. The summed E-state index contributed by atoms with van der Waals surface area (Å²) in [6, 6.07) is 70.3. The fourth-order valence-corrected chi connectivity index (χ4v) is 18.8. The molecule has 1 aliphatic heterocycles. The zero-order chi connectivity index (χ0) is 48.3. The second-order valence-electron chi connectivity index (χ2n) is 19.8. The van der Waals surface area contributed by atoms with Crippen molar-refractivity contribution in [2.75, 3.05) is 0 Å². The van der Waals surface area contributed by atoms with Gasteiger partial charge in [-0.05, 0) is 99.5 Å². The van der Waals surface area contributed by atoms with E-state index in [2.05, 4.69) is 210 Å². The first-order chi connectivity index (χ1) is 34.9. The topological polar surface area (TPSA) is 25.8 Å². The normalized spacial score (nSPS) is 12.6. The number of benzene rings is 7. The van der Waals surface area contributed by atoms with Crippen LogP contribution in [0.25, 0.3) is 98.3 Å². The molecule has 0 N–H and O–H groups in total. The third-order valence-electron chi connectivity index (χ3n) is 14.9. The third kappa shape index (κ3) is 9.32. The Morgan fingerprint density at radius 2 is 0.803 bits per heavy atom. The van der Waals surface area contributed by atoms with Crippen molar-refractivity contribution in [3.63, 3.8) is 0 Å². The first-order valence-corrected chi connectivity index (χ1v) is 30.1. The van der Waals surface area contributed by atoms with Gasteiger partial charge in [0.25, 0.3) is 0 Å². The Morgan fingerprint density at radius 3 is 1.32 bits per heavy atom. The van der Waals surface area contributed by atoms with Crippen molar-refractivity contribution in [1.82, 2.24) is 9.97 Å². The summed E-state index contributed by atoms with van der Waals surface area (Å²) in [4.78, 5) is 16.5. The lowest BCUT2D eigenvalue weighted by Crippen LogP contribution is -2.55. The summed E-state index contributed by atoms with van der Waals surface area (Å²) in [7, 11) is -2.03. The number of aryl methyl sites for hydroxylation is 2. The largest absolute Gasteiger partial charge is 0.243 e. The van der Waals surface area contributed by atoms with E-state index in [4.69, 9.17) is 9.97 Å². The number of nitrogens with zero attached hydrogens (tertiary/aromatic N) is 2. The molecule has 0 saturated carbocycles. The molecule has 11 rings (SSSR count). The van der Waals surface area contributed by atoms with Gasteiger partial charge >= 0.3 is 0 Å². The van der Waals surface area contributed by atoms with Crippen molar-refractivity contribution < 1.29 is 0 Å². The second-order valence-corrected chi connectivity index (χ2v) is 26.4. The molecule has 0 amide bonds. The van der Waals surface area contributed by atoms with Crippen LogP contribution in [0.4, 0.5) is 0 Å². The van der Waals surface area contributed by atoms with Gasteiger partial charge in [-0.3, -0.25) is 0 Å². The summed E-state index contributed by atoms with van der Waals surface area (Å²) in [5.41, 5.74) is 18.4. The minimum Gasteiger partial charge on any atom is -0.243 e. The molecule has 0 spiro atoms. The third-order valence-corrected chi connectivity index (χ3v) is 22.5. The van der Waals surface area contributed by atoms with Crippen LogP contribution >= 0.6 is 22.7 Å². The highest BCUT2D eigenvalue weighted by atomic mass is 32.1. The minimum atomic E-state index is -2.03. The maximum atomic E-state index is 5.79. The summed E-state index contributed by atoms with van der Waals surface area (Å²) in [6.45, 7) is 9.16. The molecule has 0 unspecified atom stereocenters. The molecular formula is C66H62N2S2Si. The van der Waals surface area contributed by atoms with Gasteiger partial charge in [-0.2, -0.15) is 0 Å². The molecular weight excluding hydrogens is 913 g/mol. The van der Waals surface area contributed by atoms with Gasteiger partial charge in [0.2, 0.25) is 0 Å². The van der Waals surface area contributed by atoms with E-state index >= 15 is 0 Å². The van der Waals surface area contributed by atoms with Gasteiger partial charge in [-0.1, -0.05) is 229 Å². The summed E-state index contributed by atoms with van der Waals surface area (Å²) in [5, 5.41) is 3.38. The Hall–Kier alpha value is -6.50. The maximum Gasteiger partial charge on any atom is 0.119 e. The van der Waals surface area contributed by atoms with Crippen molar-refractivity contribution in [2.45, 2.75) is 91.1 Å². The van der Waals surface area contributed by atoms with E-state index in [0.717, 1.165) is 44.7 Å². The molecule has 10 aromatic rings. The van der Waals surface area contributed by atoms with Crippen LogP contribution in [0, 0.1) is 13.8 Å². The van der Waals surface area contributed by atoms with Crippen LogP contribution in [0.5, 0.6) is 0 Å². The van der Waals surface area contributed by atoms with Gasteiger partial charge in [0.1, 0.15) is 8.07 Å². The molecule has 0 bridgehead atoms. The predicted octanol–water partition coefficient (Wildman–Crippen LogP) is 18.7. The van der Waals surface area contributed by atoms with E-state index < -0.39 is 8.07 Å². The van der Waals surface area contributed by atoms with Crippen LogP contribution in [0.15, 0.2) is 182 Å². The predicted molar refractivity (Wildman–Crippen MR) is 311 cm³/mol. The SMILES string of the molecule is CCCCCC[Si]1(CCCCCC)c2cc(C)ccc2-c2ccc(-c3ccc(-c4ccc(-c5ccc(C)s5)c5nc(-c6ccc(-c7ccccc7)cc6)c(-c6ccc(-c7ccccc7)cc6)nc45)s3)cc21. The molecule has 71 heavy (non-hydrogen) atoms. The van der Waals surface area contributed by atoms with E-state index in [1.165, 1.54) is 127 Å². The average Bonchev–Trinajstić information content (AvgIpc) is 4.16. The molecule has 0 radical (unpaired) electrons. The van der Waals surface area contributed by atoms with Gasteiger partial charge < -0.3 is 0 Å². The lowest BCUT2D eigenvalue weighted by molar-refractivity contribution is 0.684. The zero-order valence-corrected chi connectivity index (χ0v) is 44.2. The van der Waals surface area contributed by atoms with Gasteiger partial charge in [0.05, 0.1) is 22.4 Å². The van der Waals surface area contributed by atoms with Gasteiger partial charge in [-0.25, -0.2) is 9.97 Å². The van der Waals surface area contributed by atoms with Crippen molar-refractivity contribution in [3.8, 4) is 87.2 Å². The summed E-state index contributed by atoms with van der Waals surface area (Å²) in [6.07, 6.45) is 10.5. The smallest absolute Gasteiger partial charge is 0.119 e. The Morgan fingerprint density at radius 1 is 0.366 bits per heavy atom. The molecule has 3 aromatic heterocycles. The highest BCUT2D eigenvalue weighted by Crippen LogP contribution is 2.45. The molecule has 0 atom stereocenters. The summed E-state index contributed by atoms with van der Waals surface area (Å²) >= 11 is 3.71. The van der Waals surface area contributed by atoms with E-state index in [1.807, 2.05) is 22.7 Å². The molecule has 0 saturated heterocycles. The fourth-order valence-electron chi connectivity index (χ4n) is 11.2. The Labute approximate surface area is 430 Å². The number of hydrogen-bond acceptors (Lipinski definition) is 4. The zero-order valence-electron chi connectivity index (χ0n) is 41.6. The van der Waals surface area contributed by atoms with E-state index in [-0.39, 0.29) is 0 Å². The van der Waals surface area contributed by atoms with Crippen molar-refractivity contribution in [2.24, 2.45) is 0 Å². The maximum absolute atomic E-state index is 5.79. The van der Waals surface area contributed by atoms with Crippen LogP contribution < -0.4 is 10.4 Å². The number of fused-ring (bicyclic) bond motifs is 4. The number of rotatable bonds is 17. The summed E-state index contributed by atoms with van der Waals surface area (Å²) < 4.78 is 0. The lowest BCUT2D eigenvalue weighted by atomic mass is 9.97. The van der Waals surface area contributed by atoms with E-state index in [9.17, 15) is 0 Å². The fraction of sp³-hybridized carbons (Fsp3) is 0.212. The number of aromatic nitrogens is 2. The molecule has 0 fully saturated rings. The number of thiophene rings is 2. The van der Waals surface area contributed by atoms with Crippen LogP contribution in [0.3, 0.4) is 0 Å². The highest BCUT2D eigenvalue weighted by molar-refractivity contribution is 7.19.